The Balaban J connectivity index is 1.65. The van der Waals surface area contributed by atoms with E-state index in [0.717, 1.165) is 18.8 Å². The molecule has 3 heteroatoms. The molecule has 6 unspecified atom stereocenters. The molecule has 3 aliphatic carbocycles. The van der Waals surface area contributed by atoms with Crippen LogP contribution in [0.3, 0.4) is 0 Å². The highest BCUT2D eigenvalue weighted by Gasteiger charge is 2.48. The van der Waals surface area contributed by atoms with E-state index in [1.54, 1.807) is 0 Å². The zero-order valence-electron chi connectivity index (χ0n) is 18.5. The molecule has 6 atom stereocenters. The van der Waals surface area contributed by atoms with Crippen LogP contribution in [0.25, 0.3) is 0 Å². The molecule has 0 saturated heterocycles. The Labute approximate surface area is 177 Å². The standard InChI is InChI=1S/C26H41FO2/c1-18(17-28)7-4-5-9-21-11-13-23-20(8-6-16-26(21,23)3)10-12-22-19(2)25(29)15-14-24(22)27/h10,12,18,21,23-25,28-29H,2,4-9,11,13-17H2,1,3H3/b20-10+,22-12+. The highest BCUT2D eigenvalue weighted by atomic mass is 19.1. The summed E-state index contributed by atoms with van der Waals surface area (Å²) in [4.78, 5) is 0. The summed E-state index contributed by atoms with van der Waals surface area (Å²) in [5.74, 6) is 1.83. The largest absolute Gasteiger partial charge is 0.396 e. The van der Waals surface area contributed by atoms with Gasteiger partial charge in [-0.1, -0.05) is 51.0 Å². The fourth-order valence-electron chi connectivity index (χ4n) is 6.23. The fourth-order valence-corrected chi connectivity index (χ4v) is 6.23. The Morgan fingerprint density at radius 2 is 2.00 bits per heavy atom. The van der Waals surface area contributed by atoms with Crippen molar-refractivity contribution < 1.29 is 14.6 Å². The molecule has 0 aromatic rings. The lowest BCUT2D eigenvalue weighted by Gasteiger charge is -2.42. The van der Waals surface area contributed by atoms with E-state index in [-0.39, 0.29) is 0 Å². The lowest BCUT2D eigenvalue weighted by atomic mass is 9.62. The number of hydrogen-bond donors (Lipinski definition) is 2. The predicted molar refractivity (Wildman–Crippen MR) is 118 cm³/mol. The normalized spacial score (nSPS) is 39.1. The number of halogens is 1. The van der Waals surface area contributed by atoms with Crippen LogP contribution in [0.4, 0.5) is 4.39 Å². The van der Waals surface area contributed by atoms with Crippen LogP contribution in [0.5, 0.6) is 0 Å². The molecular weight excluding hydrogens is 363 g/mol. The first-order chi connectivity index (χ1) is 13.9. The lowest BCUT2D eigenvalue weighted by Crippen LogP contribution is -2.33. The minimum absolute atomic E-state index is 0.302. The zero-order chi connectivity index (χ0) is 21.0. The molecule has 29 heavy (non-hydrogen) atoms. The molecule has 0 aromatic heterocycles. The van der Waals surface area contributed by atoms with Gasteiger partial charge in [0, 0.05) is 6.61 Å². The van der Waals surface area contributed by atoms with Crippen LogP contribution in [-0.2, 0) is 0 Å². The molecule has 3 saturated carbocycles. The summed E-state index contributed by atoms with van der Waals surface area (Å²) in [6.07, 6.45) is 14.5. The van der Waals surface area contributed by atoms with Gasteiger partial charge in [-0.25, -0.2) is 4.39 Å². The number of aliphatic hydroxyl groups excluding tert-OH is 2. The first-order valence-corrected chi connectivity index (χ1v) is 11.9. The maximum Gasteiger partial charge on any atom is 0.126 e. The van der Waals surface area contributed by atoms with E-state index in [0.29, 0.717) is 47.8 Å². The molecule has 0 aromatic carbocycles. The quantitative estimate of drug-likeness (QED) is 0.489. The van der Waals surface area contributed by atoms with Gasteiger partial charge in [0.15, 0.2) is 0 Å². The number of unbranched alkanes of at least 4 members (excludes halogenated alkanes) is 1. The van der Waals surface area contributed by atoms with Gasteiger partial charge in [0.2, 0.25) is 0 Å². The van der Waals surface area contributed by atoms with Crippen molar-refractivity contribution in [1.29, 1.82) is 0 Å². The minimum Gasteiger partial charge on any atom is -0.396 e. The van der Waals surface area contributed by atoms with Gasteiger partial charge in [0.05, 0.1) is 6.10 Å². The molecular formula is C26H41FO2. The fraction of sp³-hybridized carbons (Fsp3) is 0.769. The number of allylic oxidation sites excluding steroid dienone is 3. The van der Waals surface area contributed by atoms with Gasteiger partial charge >= 0.3 is 0 Å². The molecule has 0 amide bonds. The molecule has 0 aliphatic heterocycles. The van der Waals surface area contributed by atoms with Crippen molar-refractivity contribution in [3.05, 3.63) is 35.5 Å². The van der Waals surface area contributed by atoms with Crippen molar-refractivity contribution in [2.45, 2.75) is 96.8 Å². The van der Waals surface area contributed by atoms with Crippen LogP contribution in [-0.4, -0.2) is 29.1 Å². The first-order valence-electron chi connectivity index (χ1n) is 11.9. The van der Waals surface area contributed by atoms with Gasteiger partial charge < -0.3 is 10.2 Å². The monoisotopic (exact) mass is 404 g/mol. The molecule has 0 radical (unpaired) electrons. The van der Waals surface area contributed by atoms with Gasteiger partial charge in [0.1, 0.15) is 6.17 Å². The molecule has 3 aliphatic rings. The predicted octanol–water partition coefficient (Wildman–Crippen LogP) is 6.29. The summed E-state index contributed by atoms with van der Waals surface area (Å²) in [7, 11) is 0. The summed E-state index contributed by atoms with van der Waals surface area (Å²) in [5, 5.41) is 19.2. The maximum atomic E-state index is 14.4. The lowest BCUT2D eigenvalue weighted by molar-refractivity contribution is 0.126. The van der Waals surface area contributed by atoms with E-state index in [2.05, 4.69) is 26.5 Å². The van der Waals surface area contributed by atoms with Crippen LogP contribution in [0.1, 0.15) is 84.5 Å². The molecule has 0 spiro atoms. The van der Waals surface area contributed by atoms with E-state index in [4.69, 9.17) is 0 Å². The van der Waals surface area contributed by atoms with E-state index in [9.17, 15) is 14.6 Å². The average molecular weight is 405 g/mol. The van der Waals surface area contributed by atoms with Crippen LogP contribution in [0, 0.1) is 23.2 Å². The van der Waals surface area contributed by atoms with Gasteiger partial charge in [-0.2, -0.15) is 0 Å². The molecule has 2 nitrogen and oxygen atoms in total. The average Bonchev–Trinajstić information content (AvgIpc) is 3.04. The summed E-state index contributed by atoms with van der Waals surface area (Å²) in [5.41, 5.74) is 3.04. The van der Waals surface area contributed by atoms with Crippen molar-refractivity contribution >= 4 is 0 Å². The van der Waals surface area contributed by atoms with Crippen LogP contribution >= 0.6 is 0 Å². The van der Waals surface area contributed by atoms with E-state index < -0.39 is 12.3 Å². The van der Waals surface area contributed by atoms with Crippen molar-refractivity contribution in [2.75, 3.05) is 6.61 Å². The third-order valence-corrected chi connectivity index (χ3v) is 8.25. The SMILES string of the molecule is C=C1/C(=C\C=C2/CCCC3(C)C(CCCCC(C)CO)CCC23)C(F)CCC1O. The van der Waals surface area contributed by atoms with Gasteiger partial charge in [-0.15, -0.1) is 0 Å². The molecule has 164 valence electrons. The minimum atomic E-state index is -0.990. The highest BCUT2D eigenvalue weighted by molar-refractivity contribution is 5.40. The Kier molecular flexibility index (Phi) is 7.78. The number of alkyl halides is 1. The molecule has 3 fully saturated rings. The van der Waals surface area contributed by atoms with E-state index >= 15 is 0 Å². The number of aliphatic hydroxyl groups is 2. The second kappa shape index (κ2) is 9.92. The summed E-state index contributed by atoms with van der Waals surface area (Å²) >= 11 is 0. The third kappa shape index (κ3) is 5.05. The number of fused-ring (bicyclic) bond motifs is 1. The highest BCUT2D eigenvalue weighted by Crippen LogP contribution is 2.58. The number of hydrogen-bond acceptors (Lipinski definition) is 2. The summed E-state index contributed by atoms with van der Waals surface area (Å²) in [6.45, 7) is 8.86. The molecule has 0 heterocycles. The van der Waals surface area contributed by atoms with E-state index in [1.807, 2.05) is 6.08 Å². The van der Waals surface area contributed by atoms with Gasteiger partial charge in [0.25, 0.3) is 0 Å². The Morgan fingerprint density at radius 1 is 1.21 bits per heavy atom. The second-order valence-corrected chi connectivity index (χ2v) is 10.2. The van der Waals surface area contributed by atoms with Crippen molar-refractivity contribution in [3.8, 4) is 0 Å². The Hall–Kier alpha value is -0.930. The van der Waals surface area contributed by atoms with Crippen LogP contribution in [0.2, 0.25) is 0 Å². The van der Waals surface area contributed by atoms with Crippen molar-refractivity contribution in [3.63, 3.8) is 0 Å². The summed E-state index contributed by atoms with van der Waals surface area (Å²) in [6, 6.07) is 0. The van der Waals surface area contributed by atoms with Gasteiger partial charge in [-0.05, 0) is 92.1 Å². The van der Waals surface area contributed by atoms with Crippen LogP contribution < -0.4 is 0 Å². The number of rotatable bonds is 7. The summed E-state index contributed by atoms with van der Waals surface area (Å²) < 4.78 is 14.4. The smallest absolute Gasteiger partial charge is 0.126 e. The third-order valence-electron chi connectivity index (χ3n) is 8.25. The van der Waals surface area contributed by atoms with Crippen molar-refractivity contribution in [1.82, 2.24) is 0 Å². The van der Waals surface area contributed by atoms with Gasteiger partial charge in [-0.3, -0.25) is 0 Å². The second-order valence-electron chi connectivity index (χ2n) is 10.2. The topological polar surface area (TPSA) is 40.5 Å². The molecule has 3 rings (SSSR count). The van der Waals surface area contributed by atoms with Crippen LogP contribution in [0.15, 0.2) is 35.5 Å². The van der Waals surface area contributed by atoms with Crippen molar-refractivity contribution in [2.24, 2.45) is 23.2 Å². The Morgan fingerprint density at radius 3 is 2.76 bits per heavy atom. The Bertz CT molecular complexity index is 637. The molecule has 2 N–H and O–H groups in total. The molecule has 0 bridgehead atoms. The van der Waals surface area contributed by atoms with E-state index in [1.165, 1.54) is 50.5 Å². The zero-order valence-corrected chi connectivity index (χ0v) is 18.5. The first kappa shape index (κ1) is 22.7. The maximum absolute atomic E-state index is 14.4.